The molecule has 0 spiro atoms. The summed E-state index contributed by atoms with van der Waals surface area (Å²) in [5, 5.41) is 33.2. The lowest BCUT2D eigenvalue weighted by Crippen LogP contribution is -2.57. The Morgan fingerprint density at radius 3 is 2.48 bits per heavy atom. The number of carbonyl (C=O) groups is 1. The van der Waals surface area contributed by atoms with Crippen molar-refractivity contribution in [1.29, 1.82) is 0 Å². The molecule has 0 bridgehead atoms. The van der Waals surface area contributed by atoms with Crippen molar-refractivity contribution in [2.45, 2.75) is 182 Å². The molecule has 0 aromatic carbocycles. The summed E-state index contributed by atoms with van der Waals surface area (Å²) in [7, 11) is 0. The largest absolute Gasteiger partial charge is 0.446 e. The first kappa shape index (κ1) is 40.0. The topological polar surface area (TPSA) is 117 Å². The molecule has 5 rings (SSSR count). The van der Waals surface area contributed by atoms with E-state index in [2.05, 4.69) is 52.9 Å². The Morgan fingerprint density at radius 1 is 0.960 bits per heavy atom. The first-order valence-corrected chi connectivity index (χ1v) is 20.7. The Hall–Kier alpha value is -1.19. The number of fused-ring (bicyclic) bond motifs is 5. The second kappa shape index (κ2) is 17.3. The Bertz CT molecular complexity index is 1130. The summed E-state index contributed by atoms with van der Waals surface area (Å²) in [4.78, 5) is 12.8. The van der Waals surface area contributed by atoms with E-state index in [1.54, 1.807) is 12.5 Å². The Balaban J connectivity index is 1.02. The van der Waals surface area contributed by atoms with Gasteiger partial charge in [0, 0.05) is 13.0 Å². The van der Waals surface area contributed by atoms with Crippen LogP contribution in [0, 0.1) is 52.3 Å². The van der Waals surface area contributed by atoms with Crippen molar-refractivity contribution in [2.24, 2.45) is 52.3 Å². The molecule has 0 radical (unpaired) electrons. The monoisotopic (exact) mass is 704 g/mol. The fourth-order valence-corrected chi connectivity index (χ4v) is 11.5. The molecule has 3 saturated carbocycles. The Kier molecular flexibility index (Phi) is 13.8. The van der Waals surface area contributed by atoms with Crippen LogP contribution >= 0.6 is 0 Å². The highest BCUT2D eigenvalue weighted by atomic mass is 16.7. The standard InChI is InChI=1S/C42H73NO7/c1-8-29(25-48-39-38(46)37(45)36(44)28(5)49-39)14-9-10-23-43-40(47)50-31-19-21-41(6)30(24-31)15-16-32-34-18-17-33(27(4)13-11-12-26(2)3)42(34,7)22-20-35(32)41/h15,26-29,31-39,44-46H,8-14,16-25H2,1-7H3,(H,43,47)/t27?,28?,29?,31?,32?,33?,34?,35?,36-,37?,38?,39?,41-,42+/m0/s1. The highest BCUT2D eigenvalue weighted by Gasteiger charge is 2.59. The normalized spacial score (nSPS) is 41.1. The van der Waals surface area contributed by atoms with E-state index in [0.717, 1.165) is 80.5 Å². The zero-order chi connectivity index (χ0) is 36.2. The van der Waals surface area contributed by atoms with Gasteiger partial charge >= 0.3 is 6.09 Å². The molecule has 8 heteroatoms. The van der Waals surface area contributed by atoms with Gasteiger partial charge in [0.05, 0.1) is 12.7 Å². The van der Waals surface area contributed by atoms with Gasteiger partial charge in [0.25, 0.3) is 0 Å². The third-order valence-electron chi connectivity index (χ3n) is 14.7. The number of amides is 1. The van der Waals surface area contributed by atoms with Crippen molar-refractivity contribution < 1.29 is 34.3 Å². The minimum absolute atomic E-state index is 0.0383. The molecule has 1 heterocycles. The summed E-state index contributed by atoms with van der Waals surface area (Å²) >= 11 is 0. The Morgan fingerprint density at radius 2 is 1.74 bits per heavy atom. The molecule has 4 N–H and O–H groups in total. The lowest BCUT2D eigenvalue weighted by atomic mass is 9.47. The molecule has 288 valence electrons. The molecule has 0 aromatic rings. The van der Waals surface area contributed by atoms with Gasteiger partial charge in [-0.1, -0.05) is 85.3 Å². The number of ether oxygens (including phenoxy) is 3. The second-order valence-corrected chi connectivity index (χ2v) is 18.3. The van der Waals surface area contributed by atoms with Crippen molar-refractivity contribution in [3.8, 4) is 0 Å². The third-order valence-corrected chi connectivity index (χ3v) is 14.7. The SMILES string of the molecule is CCC(CCCCNC(=O)OC1CC[C@@]2(C)C(=CCC3C4CCC(C(C)CCCC(C)C)[C@@]4(C)CCC32)C1)COC1OC(C)[C@H](O)C(O)C1O. The van der Waals surface area contributed by atoms with E-state index in [9.17, 15) is 20.1 Å². The molecule has 4 fully saturated rings. The van der Waals surface area contributed by atoms with Crippen molar-refractivity contribution in [3.63, 3.8) is 0 Å². The van der Waals surface area contributed by atoms with Crippen LogP contribution in [0.5, 0.6) is 0 Å². The average molecular weight is 704 g/mol. The van der Waals surface area contributed by atoms with Crippen LogP contribution in [0.2, 0.25) is 0 Å². The van der Waals surface area contributed by atoms with Crippen molar-refractivity contribution in [2.75, 3.05) is 13.2 Å². The van der Waals surface area contributed by atoms with Crippen molar-refractivity contribution in [1.82, 2.24) is 5.32 Å². The van der Waals surface area contributed by atoms with Crippen LogP contribution in [0.4, 0.5) is 4.79 Å². The van der Waals surface area contributed by atoms with Crippen LogP contribution in [0.15, 0.2) is 11.6 Å². The van der Waals surface area contributed by atoms with Gasteiger partial charge < -0.3 is 34.8 Å². The maximum Gasteiger partial charge on any atom is 0.407 e. The number of allylic oxidation sites excluding steroid dienone is 1. The fraction of sp³-hybridized carbons (Fsp3) is 0.929. The molecule has 50 heavy (non-hydrogen) atoms. The summed E-state index contributed by atoms with van der Waals surface area (Å²) < 4.78 is 17.4. The van der Waals surface area contributed by atoms with Gasteiger partial charge in [0.1, 0.15) is 24.4 Å². The van der Waals surface area contributed by atoms with E-state index in [1.165, 1.54) is 51.4 Å². The summed E-state index contributed by atoms with van der Waals surface area (Å²) in [5.41, 5.74) is 2.31. The van der Waals surface area contributed by atoms with Gasteiger partial charge in [-0.3, -0.25) is 0 Å². The molecule has 4 aliphatic carbocycles. The molecule has 8 nitrogen and oxygen atoms in total. The molecule has 14 atom stereocenters. The number of aliphatic hydroxyl groups excluding tert-OH is 3. The molecule has 1 amide bonds. The van der Waals surface area contributed by atoms with Crippen LogP contribution in [-0.4, -0.2) is 71.4 Å². The van der Waals surface area contributed by atoms with Gasteiger partial charge in [0.2, 0.25) is 0 Å². The predicted octanol–water partition coefficient (Wildman–Crippen LogP) is 8.16. The summed E-state index contributed by atoms with van der Waals surface area (Å²) in [5.74, 6) is 5.25. The second-order valence-electron chi connectivity index (χ2n) is 18.3. The number of hydrogen-bond acceptors (Lipinski definition) is 7. The van der Waals surface area contributed by atoms with E-state index in [-0.39, 0.29) is 23.5 Å². The zero-order valence-corrected chi connectivity index (χ0v) is 32.6. The number of alkyl carbamates (subject to hydrolysis) is 1. The quantitative estimate of drug-likeness (QED) is 0.100. The molecule has 1 aliphatic heterocycles. The highest BCUT2D eigenvalue weighted by Crippen LogP contribution is 2.67. The lowest BCUT2D eigenvalue weighted by Gasteiger charge is -2.58. The number of carbonyl (C=O) groups excluding carboxylic acids is 1. The molecule has 5 aliphatic rings. The van der Waals surface area contributed by atoms with Crippen LogP contribution in [0.25, 0.3) is 0 Å². The first-order chi connectivity index (χ1) is 23.8. The van der Waals surface area contributed by atoms with E-state index in [4.69, 9.17) is 14.2 Å². The minimum Gasteiger partial charge on any atom is -0.446 e. The molecular weight excluding hydrogens is 630 g/mol. The van der Waals surface area contributed by atoms with E-state index >= 15 is 0 Å². The van der Waals surface area contributed by atoms with Gasteiger partial charge in [-0.25, -0.2) is 4.79 Å². The number of aliphatic hydroxyl groups is 3. The van der Waals surface area contributed by atoms with Gasteiger partial charge in [-0.05, 0) is 117 Å². The van der Waals surface area contributed by atoms with Crippen LogP contribution in [-0.2, 0) is 14.2 Å². The maximum absolute atomic E-state index is 12.8. The summed E-state index contributed by atoms with van der Waals surface area (Å²) in [6, 6.07) is 0. The van der Waals surface area contributed by atoms with Crippen LogP contribution < -0.4 is 5.32 Å². The minimum atomic E-state index is -1.29. The van der Waals surface area contributed by atoms with E-state index in [0.29, 0.717) is 18.6 Å². The van der Waals surface area contributed by atoms with Crippen LogP contribution in [0.1, 0.15) is 145 Å². The summed E-state index contributed by atoms with van der Waals surface area (Å²) in [6.07, 6.45) is 14.5. The number of hydrogen-bond donors (Lipinski definition) is 4. The van der Waals surface area contributed by atoms with Crippen molar-refractivity contribution >= 4 is 6.09 Å². The predicted molar refractivity (Wildman–Crippen MR) is 197 cm³/mol. The smallest absolute Gasteiger partial charge is 0.407 e. The number of rotatable bonds is 15. The molecule has 1 saturated heterocycles. The molecule has 0 aromatic heterocycles. The number of unbranched alkanes of at least 4 members (excludes halogenated alkanes) is 1. The maximum atomic E-state index is 12.8. The lowest BCUT2D eigenvalue weighted by molar-refractivity contribution is -0.295. The molecular formula is C42H73NO7. The van der Waals surface area contributed by atoms with Crippen molar-refractivity contribution in [3.05, 3.63) is 11.6 Å². The average Bonchev–Trinajstić information content (AvgIpc) is 3.44. The first-order valence-electron chi connectivity index (χ1n) is 20.7. The van der Waals surface area contributed by atoms with Gasteiger partial charge in [-0.15, -0.1) is 0 Å². The van der Waals surface area contributed by atoms with E-state index < -0.39 is 30.7 Å². The summed E-state index contributed by atoms with van der Waals surface area (Å²) in [6.45, 7) is 17.2. The third kappa shape index (κ3) is 8.77. The highest BCUT2D eigenvalue weighted by molar-refractivity contribution is 5.67. The fourth-order valence-electron chi connectivity index (χ4n) is 11.5. The Labute approximate surface area is 303 Å². The van der Waals surface area contributed by atoms with Crippen LogP contribution in [0.3, 0.4) is 0 Å². The van der Waals surface area contributed by atoms with E-state index in [1.807, 2.05) is 0 Å². The number of nitrogens with one attached hydrogen (secondary N) is 1. The zero-order valence-electron chi connectivity index (χ0n) is 32.6. The molecule has 11 unspecified atom stereocenters. The van der Waals surface area contributed by atoms with Gasteiger partial charge in [0.15, 0.2) is 6.29 Å². The van der Waals surface area contributed by atoms with Gasteiger partial charge in [-0.2, -0.15) is 0 Å².